The number of hydrogen-bond donors (Lipinski definition) is 1. The van der Waals surface area contributed by atoms with E-state index in [1.54, 1.807) is 0 Å². The lowest BCUT2D eigenvalue weighted by molar-refractivity contribution is 0.175. The summed E-state index contributed by atoms with van der Waals surface area (Å²) in [5.74, 6) is 0.941. The van der Waals surface area contributed by atoms with E-state index in [4.69, 9.17) is 4.74 Å². The lowest BCUT2D eigenvalue weighted by Crippen LogP contribution is -2.06. The summed E-state index contributed by atoms with van der Waals surface area (Å²) in [6.45, 7) is 4.65. The maximum Gasteiger partial charge on any atom is 0.125 e. The molecule has 0 bridgehead atoms. The van der Waals surface area contributed by atoms with E-state index in [-0.39, 0.29) is 0 Å². The van der Waals surface area contributed by atoms with E-state index in [0.717, 1.165) is 45.8 Å². The molecule has 0 radical (unpaired) electrons. The van der Waals surface area contributed by atoms with Crippen molar-refractivity contribution in [2.24, 2.45) is 7.05 Å². The van der Waals surface area contributed by atoms with Crippen molar-refractivity contribution in [1.82, 2.24) is 9.78 Å². The zero-order chi connectivity index (χ0) is 15.1. The van der Waals surface area contributed by atoms with Gasteiger partial charge in [-0.1, -0.05) is 15.9 Å². The van der Waals surface area contributed by atoms with Gasteiger partial charge in [-0.3, -0.25) is 4.68 Å². The molecule has 1 N–H and O–H groups in total. The summed E-state index contributed by atoms with van der Waals surface area (Å²) in [5, 5.41) is 15.0. The van der Waals surface area contributed by atoms with Gasteiger partial charge in [-0.05, 0) is 37.1 Å². The van der Waals surface area contributed by atoms with Gasteiger partial charge in [0.15, 0.2) is 0 Å². The number of halogens is 1. The van der Waals surface area contributed by atoms with Gasteiger partial charge in [0.1, 0.15) is 5.75 Å². The summed E-state index contributed by atoms with van der Waals surface area (Å²) < 4.78 is 8.59. The predicted molar refractivity (Wildman–Crippen MR) is 84.7 cm³/mol. The summed E-state index contributed by atoms with van der Waals surface area (Å²) >= 11 is 3.54. The molecule has 1 aliphatic rings. The topological polar surface area (TPSA) is 47.3 Å². The summed E-state index contributed by atoms with van der Waals surface area (Å²) in [6.07, 6.45) is 0.902. The first kappa shape index (κ1) is 14.6. The molecule has 1 unspecified atom stereocenters. The monoisotopic (exact) mass is 350 g/mol. The second kappa shape index (κ2) is 5.46. The number of fused-ring (bicyclic) bond motifs is 1. The van der Waals surface area contributed by atoms with Crippen molar-refractivity contribution in [1.29, 1.82) is 0 Å². The molecule has 1 aromatic carbocycles. The van der Waals surface area contributed by atoms with Crippen molar-refractivity contribution in [3.8, 4) is 5.75 Å². The third-order valence-electron chi connectivity index (χ3n) is 4.14. The number of benzene rings is 1. The van der Waals surface area contributed by atoms with Gasteiger partial charge in [-0.2, -0.15) is 5.10 Å². The summed E-state index contributed by atoms with van der Waals surface area (Å²) in [4.78, 5) is 0. The van der Waals surface area contributed by atoms with Gasteiger partial charge in [-0.25, -0.2) is 0 Å². The Morgan fingerprint density at radius 1 is 1.43 bits per heavy atom. The summed E-state index contributed by atoms with van der Waals surface area (Å²) in [6, 6.07) is 4.13. The van der Waals surface area contributed by atoms with Gasteiger partial charge in [0.05, 0.1) is 18.4 Å². The minimum Gasteiger partial charge on any atom is -0.493 e. The molecule has 1 aromatic heterocycles. The van der Waals surface area contributed by atoms with Crippen molar-refractivity contribution in [2.75, 3.05) is 6.61 Å². The Hall–Kier alpha value is -1.33. The van der Waals surface area contributed by atoms with Gasteiger partial charge in [0.25, 0.3) is 0 Å². The van der Waals surface area contributed by atoms with E-state index in [1.807, 2.05) is 31.6 Å². The van der Waals surface area contributed by atoms with Crippen molar-refractivity contribution in [2.45, 2.75) is 32.8 Å². The molecule has 2 heterocycles. The van der Waals surface area contributed by atoms with Crippen LogP contribution in [0.4, 0.5) is 0 Å². The molecule has 0 spiro atoms. The molecule has 3 rings (SSSR count). The zero-order valence-electron chi connectivity index (χ0n) is 12.5. The van der Waals surface area contributed by atoms with Crippen molar-refractivity contribution in [3.63, 3.8) is 0 Å². The number of ether oxygens (including phenoxy) is 1. The van der Waals surface area contributed by atoms with Crippen LogP contribution in [0.15, 0.2) is 16.6 Å². The highest BCUT2D eigenvalue weighted by atomic mass is 79.9. The summed E-state index contributed by atoms with van der Waals surface area (Å²) in [7, 11) is 1.90. The van der Waals surface area contributed by atoms with Crippen LogP contribution in [0.25, 0.3) is 0 Å². The number of hydrogen-bond acceptors (Lipinski definition) is 3. The molecular weight excluding hydrogens is 332 g/mol. The lowest BCUT2D eigenvalue weighted by atomic mass is 9.97. The van der Waals surface area contributed by atoms with Crippen molar-refractivity contribution in [3.05, 3.63) is 44.7 Å². The van der Waals surface area contributed by atoms with Crippen LogP contribution in [0, 0.1) is 13.8 Å². The maximum absolute atomic E-state index is 10.6. The van der Waals surface area contributed by atoms with Crippen LogP contribution in [0.2, 0.25) is 0 Å². The highest BCUT2D eigenvalue weighted by Crippen LogP contribution is 2.36. The quantitative estimate of drug-likeness (QED) is 0.925. The van der Waals surface area contributed by atoms with E-state index in [0.29, 0.717) is 6.42 Å². The largest absolute Gasteiger partial charge is 0.493 e. The van der Waals surface area contributed by atoms with Crippen molar-refractivity contribution < 1.29 is 9.84 Å². The Labute approximate surface area is 132 Å². The first-order valence-electron chi connectivity index (χ1n) is 7.09. The highest BCUT2D eigenvalue weighted by Gasteiger charge is 2.23. The zero-order valence-corrected chi connectivity index (χ0v) is 14.1. The summed E-state index contributed by atoms with van der Waals surface area (Å²) in [5.41, 5.74) is 5.07. The molecule has 0 aliphatic carbocycles. The molecule has 1 atom stereocenters. The van der Waals surface area contributed by atoms with E-state index in [1.165, 1.54) is 5.56 Å². The van der Waals surface area contributed by atoms with Gasteiger partial charge >= 0.3 is 0 Å². The van der Waals surface area contributed by atoms with Crippen LogP contribution in [0.1, 0.15) is 34.2 Å². The number of aromatic nitrogens is 2. The maximum atomic E-state index is 10.6. The molecular formula is C16H19BrN2O2. The van der Waals surface area contributed by atoms with Gasteiger partial charge in [0.2, 0.25) is 0 Å². The third kappa shape index (κ3) is 2.60. The number of aliphatic hydroxyl groups is 1. The number of aryl methyl sites for hydroxylation is 2. The van der Waals surface area contributed by atoms with Gasteiger partial charge in [0, 0.05) is 35.6 Å². The molecule has 0 amide bonds. The van der Waals surface area contributed by atoms with Gasteiger partial charge in [-0.15, -0.1) is 0 Å². The molecule has 112 valence electrons. The molecule has 0 fully saturated rings. The van der Waals surface area contributed by atoms with Crippen LogP contribution < -0.4 is 4.74 Å². The average Bonchev–Trinajstić information content (AvgIpc) is 2.95. The van der Waals surface area contributed by atoms with E-state index in [2.05, 4.69) is 27.1 Å². The molecule has 2 aromatic rings. The molecule has 1 aliphatic heterocycles. The minimum absolute atomic E-state index is 0.537. The van der Waals surface area contributed by atoms with Crippen LogP contribution in [0.3, 0.4) is 0 Å². The fraction of sp³-hybridized carbons (Fsp3) is 0.438. The average molecular weight is 351 g/mol. The van der Waals surface area contributed by atoms with Crippen LogP contribution in [0.5, 0.6) is 5.75 Å². The van der Waals surface area contributed by atoms with E-state index >= 15 is 0 Å². The number of aliphatic hydroxyl groups excluding tert-OH is 1. The minimum atomic E-state index is -0.568. The lowest BCUT2D eigenvalue weighted by Gasteiger charge is -2.14. The molecule has 0 saturated heterocycles. The van der Waals surface area contributed by atoms with Crippen molar-refractivity contribution >= 4 is 15.9 Å². The standard InChI is InChI=1S/C16H19BrN2O2/c1-9-15(10(2)19(3)18-9)14(20)8-12-7-13(17)6-11-4-5-21-16(11)12/h6-7,14,20H,4-5,8H2,1-3H3. The number of rotatable bonds is 3. The highest BCUT2D eigenvalue weighted by molar-refractivity contribution is 9.10. The molecule has 21 heavy (non-hydrogen) atoms. The fourth-order valence-electron chi connectivity index (χ4n) is 3.08. The molecule has 4 nitrogen and oxygen atoms in total. The van der Waals surface area contributed by atoms with Crippen LogP contribution in [-0.2, 0) is 19.9 Å². The molecule has 5 heteroatoms. The Balaban J connectivity index is 1.94. The first-order valence-corrected chi connectivity index (χ1v) is 7.89. The second-order valence-electron chi connectivity index (χ2n) is 5.58. The van der Waals surface area contributed by atoms with Crippen LogP contribution in [-0.4, -0.2) is 21.5 Å². The second-order valence-corrected chi connectivity index (χ2v) is 6.50. The van der Waals surface area contributed by atoms with Crippen LogP contribution >= 0.6 is 15.9 Å². The third-order valence-corrected chi connectivity index (χ3v) is 4.59. The Morgan fingerprint density at radius 2 is 2.19 bits per heavy atom. The first-order chi connectivity index (χ1) is 9.97. The fourth-order valence-corrected chi connectivity index (χ4v) is 3.63. The smallest absolute Gasteiger partial charge is 0.125 e. The van der Waals surface area contributed by atoms with E-state index < -0.39 is 6.10 Å². The van der Waals surface area contributed by atoms with E-state index in [9.17, 15) is 5.11 Å². The predicted octanol–water partition coefficient (Wildman–Crippen LogP) is 3.01. The Kier molecular flexibility index (Phi) is 3.80. The Bertz CT molecular complexity index is 694. The Morgan fingerprint density at radius 3 is 2.86 bits per heavy atom. The number of nitrogens with zero attached hydrogens (tertiary/aromatic N) is 2. The SMILES string of the molecule is Cc1nn(C)c(C)c1C(O)Cc1cc(Br)cc2c1OCC2. The normalized spacial score (nSPS) is 14.9. The molecule has 0 saturated carbocycles. The van der Waals surface area contributed by atoms with Gasteiger partial charge < -0.3 is 9.84 Å².